The predicted octanol–water partition coefficient (Wildman–Crippen LogP) is 3.05. The van der Waals surface area contributed by atoms with Crippen LogP contribution in [-0.2, 0) is 6.18 Å². The molecule has 0 bridgehead atoms. The molecule has 1 amide bonds. The van der Waals surface area contributed by atoms with Crippen LogP contribution < -0.4 is 11.1 Å². The zero-order chi connectivity index (χ0) is 15.6. The Kier molecular flexibility index (Phi) is 4.39. The molecule has 0 aliphatic heterocycles. The smallest absolute Gasteiger partial charge is 0.369 e. The quantitative estimate of drug-likeness (QED) is 0.898. The number of hydrogen-bond donors (Lipinski definition) is 2. The maximum absolute atomic E-state index is 12.7. The number of nitrogens with zero attached hydrogens (tertiary/aromatic N) is 1. The summed E-state index contributed by atoms with van der Waals surface area (Å²) < 4.78 is 38.1. The van der Waals surface area contributed by atoms with E-state index >= 15 is 0 Å². The maximum Gasteiger partial charge on any atom is 0.433 e. The second kappa shape index (κ2) is 5.91. The van der Waals surface area contributed by atoms with Gasteiger partial charge in [0.25, 0.3) is 5.91 Å². The topological polar surface area (TPSA) is 68.0 Å². The summed E-state index contributed by atoms with van der Waals surface area (Å²) in [7, 11) is 0. The molecule has 4 nitrogen and oxygen atoms in total. The van der Waals surface area contributed by atoms with Crippen LogP contribution in [0.5, 0.6) is 0 Å². The van der Waals surface area contributed by atoms with Gasteiger partial charge in [0.15, 0.2) is 0 Å². The van der Waals surface area contributed by atoms with Crippen LogP contribution in [0.1, 0.15) is 42.2 Å². The van der Waals surface area contributed by atoms with Crippen molar-refractivity contribution in [3.8, 4) is 0 Å². The van der Waals surface area contributed by atoms with E-state index in [0.29, 0.717) is 18.4 Å². The molecule has 1 aliphatic rings. The number of primary amides is 1. The van der Waals surface area contributed by atoms with Gasteiger partial charge in [0.05, 0.1) is 5.56 Å². The predicted molar refractivity (Wildman–Crippen MR) is 72.8 cm³/mol. The Morgan fingerprint density at radius 3 is 2.67 bits per heavy atom. The van der Waals surface area contributed by atoms with Gasteiger partial charge in [-0.3, -0.25) is 4.79 Å². The molecular weight excluding hydrogens is 283 g/mol. The standard InChI is InChI=1S/C14H18F3N3O/c1-8-2-3-9(6-8)7-19-13-10(12(18)21)4-5-11(20-13)14(15,16)17/h4-5,8-9H,2-3,6-7H2,1H3,(H2,18,21)(H,19,20). The number of halogens is 3. The van der Waals surface area contributed by atoms with Crippen LogP contribution in [0.25, 0.3) is 0 Å². The summed E-state index contributed by atoms with van der Waals surface area (Å²) in [4.78, 5) is 14.8. The van der Waals surface area contributed by atoms with Crippen molar-refractivity contribution in [2.75, 3.05) is 11.9 Å². The highest BCUT2D eigenvalue weighted by atomic mass is 19.4. The summed E-state index contributed by atoms with van der Waals surface area (Å²) in [5.74, 6) is 0.134. The zero-order valence-electron chi connectivity index (χ0n) is 11.7. The fraction of sp³-hybridized carbons (Fsp3) is 0.571. The number of rotatable bonds is 4. The SMILES string of the molecule is CC1CCC(CNc2nc(C(F)(F)F)ccc2C(N)=O)C1. The van der Waals surface area contributed by atoms with Crippen LogP contribution in [0.15, 0.2) is 12.1 Å². The van der Waals surface area contributed by atoms with Crippen molar-refractivity contribution in [2.45, 2.75) is 32.4 Å². The third-order valence-electron chi connectivity index (χ3n) is 3.81. The van der Waals surface area contributed by atoms with Crippen molar-refractivity contribution in [1.82, 2.24) is 4.98 Å². The first kappa shape index (κ1) is 15.6. The molecule has 2 unspecified atom stereocenters. The number of nitrogens with one attached hydrogen (secondary N) is 1. The van der Waals surface area contributed by atoms with Crippen molar-refractivity contribution < 1.29 is 18.0 Å². The van der Waals surface area contributed by atoms with Crippen LogP contribution in [0.2, 0.25) is 0 Å². The highest BCUT2D eigenvalue weighted by molar-refractivity contribution is 5.97. The van der Waals surface area contributed by atoms with Gasteiger partial charge in [-0.1, -0.05) is 13.3 Å². The van der Waals surface area contributed by atoms with E-state index in [4.69, 9.17) is 5.73 Å². The Morgan fingerprint density at radius 2 is 2.14 bits per heavy atom. The van der Waals surface area contributed by atoms with Crippen LogP contribution in [0.4, 0.5) is 19.0 Å². The number of carbonyl (C=O) groups excluding carboxylic acids is 1. The number of pyridine rings is 1. The van der Waals surface area contributed by atoms with Crippen molar-refractivity contribution in [3.63, 3.8) is 0 Å². The molecule has 0 spiro atoms. The van der Waals surface area contributed by atoms with Gasteiger partial charge in [0.2, 0.25) is 0 Å². The molecule has 2 atom stereocenters. The molecule has 3 N–H and O–H groups in total. The lowest BCUT2D eigenvalue weighted by Gasteiger charge is -2.15. The second-order valence-corrected chi connectivity index (χ2v) is 5.62. The Bertz CT molecular complexity index is 531. The molecule has 1 heterocycles. The van der Waals surface area contributed by atoms with Crippen LogP contribution in [0, 0.1) is 11.8 Å². The second-order valence-electron chi connectivity index (χ2n) is 5.62. The van der Waals surface area contributed by atoms with Gasteiger partial charge in [0, 0.05) is 6.54 Å². The summed E-state index contributed by atoms with van der Waals surface area (Å²) in [6.07, 6.45) is -1.38. The van der Waals surface area contributed by atoms with Gasteiger partial charge >= 0.3 is 6.18 Å². The summed E-state index contributed by atoms with van der Waals surface area (Å²) in [6.45, 7) is 2.65. The lowest BCUT2D eigenvalue weighted by Crippen LogP contribution is -2.20. The molecular formula is C14H18F3N3O. The molecule has 0 saturated heterocycles. The highest BCUT2D eigenvalue weighted by Crippen LogP contribution is 2.32. The Hall–Kier alpha value is -1.79. The van der Waals surface area contributed by atoms with Crippen molar-refractivity contribution in [2.24, 2.45) is 17.6 Å². The average molecular weight is 301 g/mol. The molecule has 21 heavy (non-hydrogen) atoms. The number of alkyl halides is 3. The average Bonchev–Trinajstić information content (AvgIpc) is 2.80. The normalized spacial score (nSPS) is 22.3. The third-order valence-corrected chi connectivity index (χ3v) is 3.81. The Balaban J connectivity index is 2.16. The number of carbonyl (C=O) groups is 1. The lowest BCUT2D eigenvalue weighted by molar-refractivity contribution is -0.141. The minimum absolute atomic E-state index is 0.0194. The summed E-state index contributed by atoms with van der Waals surface area (Å²) in [5, 5.41) is 2.86. The Labute approximate surface area is 120 Å². The minimum atomic E-state index is -4.55. The molecule has 1 saturated carbocycles. The first-order valence-electron chi connectivity index (χ1n) is 6.89. The molecule has 1 aromatic heterocycles. The fourth-order valence-corrected chi connectivity index (χ4v) is 2.70. The lowest BCUT2D eigenvalue weighted by atomic mass is 10.1. The molecule has 0 aromatic carbocycles. The number of aromatic nitrogens is 1. The van der Waals surface area contributed by atoms with E-state index in [1.54, 1.807) is 0 Å². The number of hydrogen-bond acceptors (Lipinski definition) is 3. The fourth-order valence-electron chi connectivity index (χ4n) is 2.70. The van der Waals surface area contributed by atoms with Crippen molar-refractivity contribution >= 4 is 11.7 Å². The van der Waals surface area contributed by atoms with E-state index in [-0.39, 0.29) is 11.4 Å². The van der Waals surface area contributed by atoms with Gasteiger partial charge in [-0.05, 0) is 36.8 Å². The first-order chi connectivity index (χ1) is 9.77. The van der Waals surface area contributed by atoms with E-state index in [0.717, 1.165) is 31.4 Å². The number of amides is 1. The van der Waals surface area contributed by atoms with Crippen LogP contribution in [0.3, 0.4) is 0 Å². The minimum Gasteiger partial charge on any atom is -0.369 e. The number of nitrogens with two attached hydrogens (primary N) is 1. The van der Waals surface area contributed by atoms with E-state index in [1.165, 1.54) is 0 Å². The summed E-state index contributed by atoms with van der Waals surface area (Å²) in [5.41, 5.74) is 4.13. The zero-order valence-corrected chi connectivity index (χ0v) is 11.7. The van der Waals surface area contributed by atoms with Gasteiger partial charge in [-0.15, -0.1) is 0 Å². The molecule has 1 aromatic rings. The van der Waals surface area contributed by atoms with E-state index < -0.39 is 17.8 Å². The molecule has 7 heteroatoms. The van der Waals surface area contributed by atoms with Gasteiger partial charge < -0.3 is 11.1 Å². The molecule has 2 rings (SSSR count). The first-order valence-corrected chi connectivity index (χ1v) is 6.89. The van der Waals surface area contributed by atoms with E-state index in [1.807, 2.05) is 0 Å². The van der Waals surface area contributed by atoms with Crippen LogP contribution >= 0.6 is 0 Å². The molecule has 1 fully saturated rings. The maximum atomic E-state index is 12.7. The Morgan fingerprint density at radius 1 is 1.43 bits per heavy atom. The molecule has 1 aliphatic carbocycles. The molecule has 116 valence electrons. The third kappa shape index (κ3) is 3.86. The monoisotopic (exact) mass is 301 g/mol. The van der Waals surface area contributed by atoms with Gasteiger partial charge in [-0.25, -0.2) is 4.98 Å². The largest absolute Gasteiger partial charge is 0.433 e. The summed E-state index contributed by atoms with van der Waals surface area (Å²) in [6, 6.07) is 1.83. The van der Waals surface area contributed by atoms with E-state index in [2.05, 4.69) is 17.2 Å². The highest BCUT2D eigenvalue weighted by Gasteiger charge is 2.33. The van der Waals surface area contributed by atoms with Crippen molar-refractivity contribution in [3.05, 3.63) is 23.4 Å². The molecule has 0 radical (unpaired) electrons. The number of anilines is 1. The summed E-state index contributed by atoms with van der Waals surface area (Å²) >= 11 is 0. The van der Waals surface area contributed by atoms with Crippen molar-refractivity contribution in [1.29, 1.82) is 0 Å². The van der Waals surface area contributed by atoms with Gasteiger partial charge in [0.1, 0.15) is 11.5 Å². The van der Waals surface area contributed by atoms with E-state index in [9.17, 15) is 18.0 Å². The van der Waals surface area contributed by atoms with Crippen LogP contribution in [-0.4, -0.2) is 17.4 Å². The van der Waals surface area contributed by atoms with Gasteiger partial charge in [-0.2, -0.15) is 13.2 Å².